The van der Waals surface area contributed by atoms with Crippen molar-refractivity contribution in [2.75, 3.05) is 6.61 Å². The average Bonchev–Trinajstić information content (AvgIpc) is 2.81. The third-order valence-electron chi connectivity index (χ3n) is 5.76. The third-order valence-corrected chi connectivity index (χ3v) is 5.76. The molecule has 168 valence electrons. The molecular weight excluding hydrogens is 421 g/mol. The minimum atomic E-state index is -0.740. The molecule has 0 aromatic heterocycles. The highest BCUT2D eigenvalue weighted by atomic mass is 19.1. The number of hydrogen-bond acceptors (Lipinski definition) is 1. The lowest BCUT2D eigenvalue weighted by Gasteiger charge is -2.13. The van der Waals surface area contributed by atoms with E-state index in [-0.39, 0.29) is 16.9 Å². The van der Waals surface area contributed by atoms with Gasteiger partial charge in [0.2, 0.25) is 0 Å². The fourth-order valence-electron chi connectivity index (χ4n) is 4.03. The van der Waals surface area contributed by atoms with Gasteiger partial charge in [-0.05, 0) is 71.3 Å². The molecule has 1 atom stereocenters. The Morgan fingerprint density at radius 3 is 1.91 bits per heavy atom. The van der Waals surface area contributed by atoms with E-state index in [1.165, 1.54) is 29.8 Å². The summed E-state index contributed by atoms with van der Waals surface area (Å²) in [6.45, 7) is 4.22. The zero-order valence-electron chi connectivity index (χ0n) is 18.6. The van der Waals surface area contributed by atoms with E-state index in [0.717, 1.165) is 18.1 Å². The van der Waals surface area contributed by atoms with Crippen LogP contribution in [0.25, 0.3) is 22.3 Å². The Labute approximate surface area is 192 Å². The predicted octanol–water partition coefficient (Wildman–Crippen LogP) is 8.18. The van der Waals surface area contributed by atoms with Crippen molar-refractivity contribution in [2.24, 2.45) is 0 Å². The number of benzene rings is 4. The third kappa shape index (κ3) is 5.11. The lowest BCUT2D eigenvalue weighted by molar-refractivity contribution is 0.321. The van der Waals surface area contributed by atoms with E-state index in [2.05, 4.69) is 19.1 Å². The maximum atomic E-state index is 14.9. The van der Waals surface area contributed by atoms with Gasteiger partial charge in [-0.25, -0.2) is 13.2 Å². The molecule has 0 amide bonds. The number of halogens is 3. The topological polar surface area (TPSA) is 9.23 Å². The van der Waals surface area contributed by atoms with E-state index < -0.39 is 17.5 Å². The molecule has 4 heteroatoms. The van der Waals surface area contributed by atoms with Gasteiger partial charge in [-0.1, -0.05) is 67.6 Å². The quantitative estimate of drug-likeness (QED) is 0.278. The Hall–Kier alpha value is -3.53. The summed E-state index contributed by atoms with van der Waals surface area (Å²) in [6, 6.07) is 24.5. The maximum Gasteiger partial charge on any atom is 0.165 e. The molecule has 4 aromatic rings. The summed E-state index contributed by atoms with van der Waals surface area (Å²) in [5, 5.41) is 0. The average molecular weight is 447 g/mol. The highest BCUT2D eigenvalue weighted by molar-refractivity contribution is 5.72. The summed E-state index contributed by atoms with van der Waals surface area (Å²) in [7, 11) is 0. The molecule has 0 spiro atoms. The fourth-order valence-corrected chi connectivity index (χ4v) is 4.03. The molecule has 4 aromatic carbocycles. The van der Waals surface area contributed by atoms with E-state index in [0.29, 0.717) is 23.7 Å². The Morgan fingerprint density at radius 2 is 1.30 bits per heavy atom. The summed E-state index contributed by atoms with van der Waals surface area (Å²) < 4.78 is 49.2. The second-order valence-electron chi connectivity index (χ2n) is 8.11. The SMILES string of the molecule is CCOc1ccc(-c2c(F)cc(-c3ccc(C[C@H](C)c4ccccc4)cc3)cc2F)cc1F. The van der Waals surface area contributed by atoms with E-state index in [9.17, 15) is 13.2 Å². The van der Waals surface area contributed by atoms with Crippen LogP contribution in [-0.2, 0) is 6.42 Å². The van der Waals surface area contributed by atoms with Crippen molar-refractivity contribution in [3.63, 3.8) is 0 Å². The van der Waals surface area contributed by atoms with Crippen LogP contribution in [0.2, 0.25) is 0 Å². The highest BCUT2D eigenvalue weighted by Gasteiger charge is 2.16. The lowest BCUT2D eigenvalue weighted by atomic mass is 9.92. The van der Waals surface area contributed by atoms with Crippen molar-refractivity contribution in [3.05, 3.63) is 114 Å². The standard InChI is InChI=1S/C29H25F3O/c1-3-33-28-14-13-23(16-25(28)30)29-26(31)17-24(18-27(29)32)22-11-9-20(10-12-22)15-19(2)21-7-5-4-6-8-21/h4-14,16-19H,3,15H2,1-2H3/t19-/m0/s1. The summed E-state index contributed by atoms with van der Waals surface area (Å²) in [4.78, 5) is 0. The molecule has 0 fully saturated rings. The molecule has 0 saturated carbocycles. The van der Waals surface area contributed by atoms with Crippen LogP contribution in [0.3, 0.4) is 0 Å². The van der Waals surface area contributed by atoms with E-state index in [4.69, 9.17) is 4.74 Å². The molecule has 0 heterocycles. The van der Waals surface area contributed by atoms with Gasteiger partial charge in [0.1, 0.15) is 11.6 Å². The van der Waals surface area contributed by atoms with E-state index in [1.807, 2.05) is 42.5 Å². The first-order valence-electron chi connectivity index (χ1n) is 11.0. The summed E-state index contributed by atoms with van der Waals surface area (Å²) in [5.41, 5.74) is 3.44. The van der Waals surface area contributed by atoms with Crippen molar-refractivity contribution in [2.45, 2.75) is 26.2 Å². The number of ether oxygens (including phenoxy) is 1. The van der Waals surface area contributed by atoms with Crippen LogP contribution < -0.4 is 4.74 Å². The largest absolute Gasteiger partial charge is 0.491 e. The first kappa shape index (κ1) is 22.7. The van der Waals surface area contributed by atoms with Gasteiger partial charge in [-0.15, -0.1) is 0 Å². The van der Waals surface area contributed by atoms with Crippen molar-refractivity contribution < 1.29 is 17.9 Å². The van der Waals surface area contributed by atoms with Gasteiger partial charge in [0.25, 0.3) is 0 Å². The van der Waals surface area contributed by atoms with Gasteiger partial charge in [0, 0.05) is 0 Å². The van der Waals surface area contributed by atoms with Crippen LogP contribution in [0, 0.1) is 17.5 Å². The van der Waals surface area contributed by atoms with Gasteiger partial charge in [-0.3, -0.25) is 0 Å². The molecule has 0 N–H and O–H groups in total. The minimum Gasteiger partial charge on any atom is -0.491 e. The van der Waals surface area contributed by atoms with Gasteiger partial charge < -0.3 is 4.74 Å². The van der Waals surface area contributed by atoms with Crippen molar-refractivity contribution >= 4 is 0 Å². The zero-order valence-corrected chi connectivity index (χ0v) is 18.6. The normalized spacial score (nSPS) is 11.9. The Bertz CT molecular complexity index is 1210. The molecular formula is C29H25F3O. The molecule has 0 bridgehead atoms. The maximum absolute atomic E-state index is 14.9. The smallest absolute Gasteiger partial charge is 0.165 e. The molecule has 0 radical (unpaired) electrons. The van der Waals surface area contributed by atoms with Gasteiger partial charge in [0.15, 0.2) is 11.6 Å². The fraction of sp³-hybridized carbons (Fsp3) is 0.172. The molecule has 0 unspecified atom stereocenters. The molecule has 0 aliphatic heterocycles. The second-order valence-corrected chi connectivity index (χ2v) is 8.11. The highest BCUT2D eigenvalue weighted by Crippen LogP contribution is 2.33. The zero-order chi connectivity index (χ0) is 23.4. The summed E-state index contributed by atoms with van der Waals surface area (Å²) in [5.74, 6) is -1.72. The minimum absolute atomic E-state index is 0.0559. The van der Waals surface area contributed by atoms with E-state index in [1.54, 1.807) is 6.92 Å². The molecule has 33 heavy (non-hydrogen) atoms. The molecule has 1 nitrogen and oxygen atoms in total. The summed E-state index contributed by atoms with van der Waals surface area (Å²) >= 11 is 0. The Morgan fingerprint density at radius 1 is 0.697 bits per heavy atom. The first-order valence-corrected chi connectivity index (χ1v) is 11.0. The van der Waals surface area contributed by atoms with Crippen molar-refractivity contribution in [3.8, 4) is 28.0 Å². The molecule has 0 aliphatic rings. The van der Waals surface area contributed by atoms with Crippen molar-refractivity contribution in [1.29, 1.82) is 0 Å². The second kappa shape index (κ2) is 9.95. The van der Waals surface area contributed by atoms with Crippen LogP contribution in [-0.4, -0.2) is 6.61 Å². The lowest BCUT2D eigenvalue weighted by Crippen LogP contribution is -1.98. The Balaban J connectivity index is 1.56. The number of hydrogen-bond donors (Lipinski definition) is 0. The van der Waals surface area contributed by atoms with Crippen LogP contribution in [0.1, 0.15) is 30.9 Å². The molecule has 4 rings (SSSR count). The van der Waals surface area contributed by atoms with Crippen molar-refractivity contribution in [1.82, 2.24) is 0 Å². The predicted molar refractivity (Wildman–Crippen MR) is 127 cm³/mol. The molecule has 0 saturated heterocycles. The summed E-state index contributed by atoms with van der Waals surface area (Å²) in [6.07, 6.45) is 0.870. The van der Waals surface area contributed by atoms with Gasteiger partial charge in [-0.2, -0.15) is 0 Å². The number of rotatable bonds is 7. The van der Waals surface area contributed by atoms with Gasteiger partial charge in [0.05, 0.1) is 12.2 Å². The first-order chi connectivity index (χ1) is 16.0. The van der Waals surface area contributed by atoms with Crippen LogP contribution in [0.15, 0.2) is 84.9 Å². The Kier molecular flexibility index (Phi) is 6.83. The van der Waals surface area contributed by atoms with Crippen LogP contribution in [0.4, 0.5) is 13.2 Å². The van der Waals surface area contributed by atoms with Crippen LogP contribution >= 0.6 is 0 Å². The van der Waals surface area contributed by atoms with E-state index >= 15 is 0 Å². The molecule has 0 aliphatic carbocycles. The van der Waals surface area contributed by atoms with Gasteiger partial charge >= 0.3 is 0 Å². The monoisotopic (exact) mass is 446 g/mol. The van der Waals surface area contributed by atoms with Crippen LogP contribution in [0.5, 0.6) is 5.75 Å².